The van der Waals surface area contributed by atoms with Crippen LogP contribution in [0.5, 0.6) is 11.5 Å². The van der Waals surface area contributed by atoms with Gasteiger partial charge in [-0.25, -0.2) is 4.79 Å². The highest BCUT2D eigenvalue weighted by molar-refractivity contribution is 5.97. The first-order valence-electron chi connectivity index (χ1n) is 13.5. The van der Waals surface area contributed by atoms with E-state index in [4.69, 9.17) is 9.47 Å². The van der Waals surface area contributed by atoms with Gasteiger partial charge in [-0.15, -0.1) is 0 Å². The van der Waals surface area contributed by atoms with Gasteiger partial charge in [-0.1, -0.05) is 42.0 Å². The van der Waals surface area contributed by atoms with E-state index in [0.717, 1.165) is 59.0 Å². The zero-order valence-electron chi connectivity index (χ0n) is 22.7. The number of rotatable bonds is 5. The van der Waals surface area contributed by atoms with Gasteiger partial charge in [0.15, 0.2) is 5.60 Å². The number of carbonyl (C=O) groups excluding carboxylic acids is 1. The Morgan fingerprint density at radius 1 is 0.737 bits per heavy atom. The quantitative estimate of drug-likeness (QED) is 0.263. The van der Waals surface area contributed by atoms with E-state index in [9.17, 15) is 4.79 Å². The number of nitrogens with zero attached hydrogens (tertiary/aromatic N) is 1. The topological polar surface area (TPSA) is 38.8 Å². The Morgan fingerprint density at radius 3 is 2.24 bits per heavy atom. The van der Waals surface area contributed by atoms with E-state index in [1.165, 1.54) is 22.3 Å². The second-order valence-corrected chi connectivity index (χ2v) is 10.5. The standard InChI is InChI=1S/C34H33NO3/c1-6-35(7-2)26-14-15-29-32(20-26)37-31-17-23(5)25(18-24-13-12-21(3)16-22(24)4)19-30(31)34(29)28-11-9-8-10-27(28)33(36)38-34/h8-17,19-20H,6-7,18H2,1-5H3. The Morgan fingerprint density at radius 2 is 1.47 bits per heavy atom. The second kappa shape index (κ2) is 9.05. The Balaban J connectivity index is 1.57. The van der Waals surface area contributed by atoms with Crippen molar-refractivity contribution in [1.29, 1.82) is 0 Å². The van der Waals surface area contributed by atoms with Gasteiger partial charge < -0.3 is 14.4 Å². The molecule has 38 heavy (non-hydrogen) atoms. The molecule has 0 saturated heterocycles. The fraction of sp³-hybridized carbons (Fsp3) is 0.265. The van der Waals surface area contributed by atoms with Crippen LogP contribution in [0.15, 0.2) is 72.8 Å². The molecule has 0 N–H and O–H groups in total. The molecule has 0 radical (unpaired) electrons. The summed E-state index contributed by atoms with van der Waals surface area (Å²) in [5, 5.41) is 0. The molecule has 2 heterocycles. The predicted molar refractivity (Wildman–Crippen MR) is 152 cm³/mol. The highest BCUT2D eigenvalue weighted by atomic mass is 16.6. The van der Waals surface area contributed by atoms with E-state index < -0.39 is 5.60 Å². The van der Waals surface area contributed by atoms with Crippen molar-refractivity contribution in [1.82, 2.24) is 0 Å². The lowest BCUT2D eigenvalue weighted by atomic mass is 9.76. The maximum atomic E-state index is 13.3. The van der Waals surface area contributed by atoms with Crippen LogP contribution in [-0.2, 0) is 16.8 Å². The first-order valence-corrected chi connectivity index (χ1v) is 13.5. The molecule has 1 unspecified atom stereocenters. The summed E-state index contributed by atoms with van der Waals surface area (Å²) in [4.78, 5) is 15.6. The van der Waals surface area contributed by atoms with Gasteiger partial charge in [0.1, 0.15) is 11.5 Å². The molecule has 0 bridgehead atoms. The smallest absolute Gasteiger partial charge is 0.340 e. The third-order valence-electron chi connectivity index (χ3n) is 8.16. The Bertz CT molecular complexity index is 1580. The molecular formula is C34H33NO3. The molecule has 0 amide bonds. The maximum absolute atomic E-state index is 13.3. The molecule has 0 aliphatic carbocycles. The predicted octanol–water partition coefficient (Wildman–Crippen LogP) is 7.62. The van der Waals surface area contributed by atoms with Crippen LogP contribution in [0.2, 0.25) is 0 Å². The van der Waals surface area contributed by atoms with Crippen LogP contribution in [0, 0.1) is 20.8 Å². The van der Waals surface area contributed by atoms with Crippen molar-refractivity contribution >= 4 is 11.7 Å². The fourth-order valence-corrected chi connectivity index (χ4v) is 6.08. The molecule has 1 spiro atoms. The van der Waals surface area contributed by atoms with Crippen molar-refractivity contribution in [3.8, 4) is 11.5 Å². The third kappa shape index (κ3) is 3.62. The van der Waals surface area contributed by atoms with Crippen LogP contribution >= 0.6 is 0 Å². The van der Waals surface area contributed by atoms with Crippen LogP contribution in [0.25, 0.3) is 0 Å². The highest BCUT2D eigenvalue weighted by Crippen LogP contribution is 2.57. The summed E-state index contributed by atoms with van der Waals surface area (Å²) >= 11 is 0. The van der Waals surface area contributed by atoms with E-state index in [2.05, 4.69) is 88.0 Å². The minimum atomic E-state index is -1.05. The largest absolute Gasteiger partial charge is 0.456 e. The van der Waals surface area contributed by atoms with Crippen LogP contribution in [-0.4, -0.2) is 19.1 Å². The van der Waals surface area contributed by atoms with Gasteiger partial charge in [-0.2, -0.15) is 0 Å². The van der Waals surface area contributed by atoms with Crippen LogP contribution in [0.3, 0.4) is 0 Å². The van der Waals surface area contributed by atoms with Crippen LogP contribution in [0.1, 0.15) is 68.7 Å². The van der Waals surface area contributed by atoms with Crippen molar-refractivity contribution < 1.29 is 14.3 Å². The molecule has 4 heteroatoms. The average Bonchev–Trinajstić information content (AvgIpc) is 3.20. The molecule has 6 rings (SSSR count). The third-order valence-corrected chi connectivity index (χ3v) is 8.16. The zero-order valence-corrected chi connectivity index (χ0v) is 22.7. The maximum Gasteiger partial charge on any atom is 0.340 e. The summed E-state index contributed by atoms with van der Waals surface area (Å²) < 4.78 is 13.0. The zero-order chi connectivity index (χ0) is 26.6. The van der Waals surface area contributed by atoms with Crippen molar-refractivity contribution in [3.63, 3.8) is 0 Å². The summed E-state index contributed by atoms with van der Waals surface area (Å²) in [6.07, 6.45) is 0.796. The van der Waals surface area contributed by atoms with Crippen molar-refractivity contribution in [2.24, 2.45) is 0 Å². The molecule has 4 aromatic carbocycles. The van der Waals surface area contributed by atoms with Gasteiger partial charge in [0.25, 0.3) is 0 Å². The van der Waals surface area contributed by atoms with Crippen molar-refractivity contribution in [2.75, 3.05) is 18.0 Å². The van der Waals surface area contributed by atoms with E-state index in [1.54, 1.807) is 0 Å². The van der Waals surface area contributed by atoms with E-state index in [0.29, 0.717) is 5.56 Å². The monoisotopic (exact) mass is 503 g/mol. The number of fused-ring (bicyclic) bond motifs is 6. The lowest BCUT2D eigenvalue weighted by molar-refractivity contribution is 0.0224. The van der Waals surface area contributed by atoms with Gasteiger partial charge in [0.05, 0.1) is 5.56 Å². The number of ether oxygens (including phenoxy) is 2. The number of hydrogen-bond acceptors (Lipinski definition) is 4. The molecule has 0 fully saturated rings. The first kappa shape index (κ1) is 24.3. The Hall–Kier alpha value is -4.05. The molecule has 2 aliphatic rings. The minimum absolute atomic E-state index is 0.302. The second-order valence-electron chi connectivity index (χ2n) is 10.5. The average molecular weight is 504 g/mol. The van der Waals surface area contributed by atoms with E-state index in [-0.39, 0.29) is 5.97 Å². The summed E-state index contributed by atoms with van der Waals surface area (Å²) in [7, 11) is 0. The van der Waals surface area contributed by atoms with Crippen molar-refractivity contribution in [3.05, 3.63) is 123 Å². The number of hydrogen-bond donors (Lipinski definition) is 0. The van der Waals surface area contributed by atoms with Gasteiger partial charge in [-0.3, -0.25) is 0 Å². The summed E-state index contributed by atoms with van der Waals surface area (Å²) in [5.41, 5.74) is 9.43. The van der Waals surface area contributed by atoms with E-state index in [1.807, 2.05) is 24.3 Å². The van der Waals surface area contributed by atoms with E-state index >= 15 is 0 Å². The number of benzene rings is 4. The normalized spacial score (nSPS) is 16.9. The van der Waals surface area contributed by atoms with Crippen LogP contribution in [0.4, 0.5) is 5.69 Å². The molecule has 1 atom stereocenters. The van der Waals surface area contributed by atoms with Gasteiger partial charge in [0, 0.05) is 41.5 Å². The van der Waals surface area contributed by atoms with Gasteiger partial charge in [0.2, 0.25) is 0 Å². The number of anilines is 1. The molecule has 0 saturated carbocycles. The van der Waals surface area contributed by atoms with Crippen LogP contribution < -0.4 is 9.64 Å². The lowest BCUT2D eigenvalue weighted by Crippen LogP contribution is -2.33. The molecule has 192 valence electrons. The summed E-state index contributed by atoms with van der Waals surface area (Å²) in [5.74, 6) is 1.16. The molecular weight excluding hydrogens is 470 g/mol. The Labute approximate surface area is 224 Å². The number of aryl methyl sites for hydroxylation is 3. The molecule has 2 aliphatic heterocycles. The van der Waals surface area contributed by atoms with Crippen molar-refractivity contribution in [2.45, 2.75) is 46.6 Å². The number of carbonyl (C=O) groups is 1. The minimum Gasteiger partial charge on any atom is -0.456 e. The number of esters is 1. The summed E-state index contributed by atoms with van der Waals surface area (Å²) in [6.45, 7) is 12.5. The fourth-order valence-electron chi connectivity index (χ4n) is 6.08. The Kier molecular flexibility index (Phi) is 5.79. The summed E-state index contributed by atoms with van der Waals surface area (Å²) in [6, 6.07) is 24.9. The van der Waals surface area contributed by atoms with Gasteiger partial charge in [-0.05, 0) is 93.6 Å². The molecule has 4 aromatic rings. The molecule has 0 aromatic heterocycles. The lowest BCUT2D eigenvalue weighted by Gasteiger charge is -2.37. The first-order chi connectivity index (χ1) is 18.3. The SMILES string of the molecule is CCN(CC)c1ccc2c(c1)Oc1cc(C)c(Cc3ccc(C)cc3C)cc1C21OC(=O)c2ccccc21. The molecule has 4 nitrogen and oxygen atoms in total. The van der Waals surface area contributed by atoms with Gasteiger partial charge >= 0.3 is 5.97 Å². The highest BCUT2D eigenvalue weighted by Gasteiger charge is 2.53.